The lowest BCUT2D eigenvalue weighted by Gasteiger charge is -2.18. The van der Waals surface area contributed by atoms with Gasteiger partial charge in [-0.1, -0.05) is 72.8 Å². The van der Waals surface area contributed by atoms with Crippen LogP contribution in [0.5, 0.6) is 5.75 Å². The van der Waals surface area contributed by atoms with E-state index in [0.717, 1.165) is 18.4 Å². The second-order valence-electron chi connectivity index (χ2n) is 6.10. The molecular formula is C22H19F3O. The van der Waals surface area contributed by atoms with Gasteiger partial charge in [-0.2, -0.15) is 0 Å². The highest BCUT2D eigenvalue weighted by atomic mass is 19.4. The molecule has 3 rings (SSSR count). The summed E-state index contributed by atoms with van der Waals surface area (Å²) in [6.45, 7) is 0. The molecule has 0 atom stereocenters. The molecule has 0 saturated carbocycles. The summed E-state index contributed by atoms with van der Waals surface area (Å²) in [4.78, 5) is 0. The second-order valence-corrected chi connectivity index (χ2v) is 6.10. The van der Waals surface area contributed by atoms with Gasteiger partial charge < -0.3 is 4.74 Å². The molecule has 0 N–H and O–H groups in total. The predicted octanol–water partition coefficient (Wildman–Crippen LogP) is 6.35. The van der Waals surface area contributed by atoms with Crippen molar-refractivity contribution in [1.82, 2.24) is 0 Å². The van der Waals surface area contributed by atoms with Crippen molar-refractivity contribution < 1.29 is 17.9 Å². The molecule has 1 nitrogen and oxygen atoms in total. The number of alkyl halides is 3. The van der Waals surface area contributed by atoms with Gasteiger partial charge in [0.15, 0.2) is 0 Å². The van der Waals surface area contributed by atoms with Gasteiger partial charge in [0.2, 0.25) is 0 Å². The molecule has 0 amide bonds. The molecule has 0 radical (unpaired) electrons. The van der Waals surface area contributed by atoms with Crippen LogP contribution in [0.15, 0.2) is 84.9 Å². The van der Waals surface area contributed by atoms with Crippen LogP contribution in [0.2, 0.25) is 0 Å². The average Bonchev–Trinajstić information content (AvgIpc) is 2.64. The van der Waals surface area contributed by atoms with Crippen molar-refractivity contribution in [2.45, 2.75) is 25.1 Å². The van der Waals surface area contributed by atoms with Crippen molar-refractivity contribution in [2.75, 3.05) is 0 Å². The van der Waals surface area contributed by atoms with Gasteiger partial charge in [0, 0.05) is 5.92 Å². The first-order valence-corrected chi connectivity index (χ1v) is 8.46. The number of hydrogen-bond acceptors (Lipinski definition) is 1. The topological polar surface area (TPSA) is 9.23 Å². The van der Waals surface area contributed by atoms with Crippen molar-refractivity contribution in [2.24, 2.45) is 0 Å². The van der Waals surface area contributed by atoms with E-state index >= 15 is 0 Å². The van der Waals surface area contributed by atoms with Crippen molar-refractivity contribution in [3.8, 4) is 5.75 Å². The van der Waals surface area contributed by atoms with Crippen LogP contribution in [0.1, 0.15) is 29.0 Å². The van der Waals surface area contributed by atoms with Crippen LogP contribution in [0.25, 0.3) is 0 Å². The highest BCUT2D eigenvalue weighted by Gasteiger charge is 2.30. The fourth-order valence-corrected chi connectivity index (χ4v) is 3.07. The zero-order chi connectivity index (χ0) is 18.4. The summed E-state index contributed by atoms with van der Waals surface area (Å²) in [6, 6.07) is 26.6. The van der Waals surface area contributed by atoms with E-state index < -0.39 is 6.36 Å². The van der Waals surface area contributed by atoms with E-state index in [9.17, 15) is 13.2 Å². The Hall–Kier alpha value is -2.75. The number of benzene rings is 3. The summed E-state index contributed by atoms with van der Waals surface area (Å²) < 4.78 is 40.7. The van der Waals surface area contributed by atoms with Crippen LogP contribution in [-0.2, 0) is 6.42 Å². The molecule has 0 bridgehead atoms. The molecule has 0 aliphatic heterocycles. The Morgan fingerprint density at radius 2 is 1.19 bits per heavy atom. The molecule has 0 aromatic heterocycles. The third-order valence-electron chi connectivity index (χ3n) is 4.28. The Bertz CT molecular complexity index is 757. The van der Waals surface area contributed by atoms with Crippen LogP contribution < -0.4 is 4.74 Å². The Balaban J connectivity index is 1.72. The fraction of sp³-hybridized carbons (Fsp3) is 0.182. The van der Waals surface area contributed by atoms with Crippen LogP contribution in [0.3, 0.4) is 0 Å². The van der Waals surface area contributed by atoms with E-state index in [1.807, 2.05) is 36.4 Å². The van der Waals surface area contributed by atoms with Gasteiger partial charge in [-0.25, -0.2) is 0 Å². The van der Waals surface area contributed by atoms with Gasteiger partial charge in [-0.3, -0.25) is 0 Å². The predicted molar refractivity (Wildman–Crippen MR) is 96.2 cm³/mol. The number of halogens is 3. The van der Waals surface area contributed by atoms with E-state index in [1.54, 1.807) is 12.1 Å². The van der Waals surface area contributed by atoms with Gasteiger partial charge in [-0.15, -0.1) is 13.2 Å². The first kappa shape index (κ1) is 18.1. The van der Waals surface area contributed by atoms with Crippen LogP contribution in [-0.4, -0.2) is 6.36 Å². The molecule has 0 aliphatic carbocycles. The van der Waals surface area contributed by atoms with Crippen LogP contribution in [0.4, 0.5) is 13.2 Å². The van der Waals surface area contributed by atoms with Crippen LogP contribution in [0, 0.1) is 0 Å². The minimum absolute atomic E-state index is 0.191. The lowest BCUT2D eigenvalue weighted by atomic mass is 9.86. The molecule has 26 heavy (non-hydrogen) atoms. The second kappa shape index (κ2) is 8.09. The monoisotopic (exact) mass is 356 g/mol. The SMILES string of the molecule is FC(F)(F)Oc1ccc(CCC(c2ccccc2)c2ccccc2)cc1. The minimum atomic E-state index is -4.66. The third kappa shape index (κ3) is 5.12. The molecule has 0 spiro atoms. The van der Waals surface area contributed by atoms with Crippen molar-refractivity contribution in [3.63, 3.8) is 0 Å². The van der Waals surface area contributed by atoms with Crippen molar-refractivity contribution in [1.29, 1.82) is 0 Å². The van der Waals surface area contributed by atoms with E-state index in [1.165, 1.54) is 23.3 Å². The standard InChI is InChI=1S/C22H19F3O/c23-22(24,25)26-20-14-11-17(12-15-20)13-16-21(18-7-3-1-4-8-18)19-9-5-2-6-10-19/h1-12,14-15,21H,13,16H2. The van der Waals surface area contributed by atoms with Gasteiger partial charge >= 0.3 is 6.36 Å². The van der Waals surface area contributed by atoms with Gasteiger partial charge in [0.05, 0.1) is 0 Å². The van der Waals surface area contributed by atoms with Crippen molar-refractivity contribution in [3.05, 3.63) is 102 Å². The molecule has 0 unspecified atom stereocenters. The summed E-state index contributed by atoms with van der Waals surface area (Å²) in [7, 11) is 0. The highest BCUT2D eigenvalue weighted by Crippen LogP contribution is 2.30. The number of rotatable bonds is 6. The molecular weight excluding hydrogens is 337 g/mol. The largest absolute Gasteiger partial charge is 0.573 e. The Morgan fingerprint density at radius 1 is 0.692 bits per heavy atom. The molecule has 0 fully saturated rings. The van der Waals surface area contributed by atoms with E-state index in [0.29, 0.717) is 0 Å². The zero-order valence-corrected chi connectivity index (χ0v) is 14.1. The quantitative estimate of drug-likeness (QED) is 0.500. The van der Waals surface area contributed by atoms with Gasteiger partial charge in [-0.05, 0) is 41.7 Å². The summed E-state index contributed by atoms with van der Waals surface area (Å²) >= 11 is 0. The highest BCUT2D eigenvalue weighted by molar-refractivity contribution is 5.33. The molecule has 0 heterocycles. The lowest BCUT2D eigenvalue weighted by molar-refractivity contribution is -0.274. The Labute approximate surface area is 151 Å². The third-order valence-corrected chi connectivity index (χ3v) is 4.28. The Kier molecular flexibility index (Phi) is 5.61. The maximum absolute atomic E-state index is 12.2. The van der Waals surface area contributed by atoms with Gasteiger partial charge in [0.1, 0.15) is 5.75 Å². The molecule has 3 aromatic rings. The molecule has 0 aliphatic rings. The normalized spacial score (nSPS) is 11.5. The van der Waals surface area contributed by atoms with Crippen molar-refractivity contribution >= 4 is 0 Å². The zero-order valence-electron chi connectivity index (χ0n) is 14.1. The number of aryl methyl sites for hydroxylation is 1. The summed E-state index contributed by atoms with van der Waals surface area (Å²) in [5.41, 5.74) is 3.45. The first-order chi connectivity index (χ1) is 12.5. The van der Waals surface area contributed by atoms with E-state index in [4.69, 9.17) is 0 Å². The fourth-order valence-electron chi connectivity index (χ4n) is 3.07. The summed E-state index contributed by atoms with van der Waals surface area (Å²) in [5, 5.41) is 0. The Morgan fingerprint density at radius 3 is 1.65 bits per heavy atom. The molecule has 3 aromatic carbocycles. The summed E-state index contributed by atoms with van der Waals surface area (Å²) in [6.07, 6.45) is -3.03. The first-order valence-electron chi connectivity index (χ1n) is 8.46. The van der Waals surface area contributed by atoms with Gasteiger partial charge in [0.25, 0.3) is 0 Å². The average molecular weight is 356 g/mol. The summed E-state index contributed by atoms with van der Waals surface area (Å²) in [5.74, 6) is 0.0485. The smallest absolute Gasteiger partial charge is 0.406 e. The molecule has 4 heteroatoms. The maximum atomic E-state index is 12.2. The minimum Gasteiger partial charge on any atom is -0.406 e. The number of hydrogen-bond donors (Lipinski definition) is 0. The van der Waals surface area contributed by atoms with E-state index in [2.05, 4.69) is 29.0 Å². The number of ether oxygens (including phenoxy) is 1. The molecule has 134 valence electrons. The lowest BCUT2D eigenvalue weighted by Crippen LogP contribution is -2.17. The maximum Gasteiger partial charge on any atom is 0.573 e. The van der Waals surface area contributed by atoms with Crippen LogP contribution >= 0.6 is 0 Å². The molecule has 0 saturated heterocycles. The van der Waals surface area contributed by atoms with E-state index in [-0.39, 0.29) is 11.7 Å².